The second-order valence-electron chi connectivity index (χ2n) is 9.25. The predicted molar refractivity (Wildman–Crippen MR) is 134 cm³/mol. The molecule has 0 radical (unpaired) electrons. The molecule has 2 fully saturated rings. The summed E-state index contributed by atoms with van der Waals surface area (Å²) in [6.07, 6.45) is 2.06. The minimum absolute atomic E-state index is 0.000949. The van der Waals surface area contributed by atoms with E-state index in [9.17, 15) is 18.8 Å². The number of carbonyl (C=O) groups excluding carboxylic acids is 3. The molecule has 1 aromatic heterocycles. The van der Waals surface area contributed by atoms with E-state index in [2.05, 4.69) is 5.32 Å². The van der Waals surface area contributed by atoms with Crippen LogP contribution in [0, 0.1) is 5.82 Å². The minimum Gasteiger partial charge on any atom is -0.497 e. The first-order valence-electron chi connectivity index (χ1n) is 12.4. The molecular weight excluding hydrogens is 493 g/mol. The summed E-state index contributed by atoms with van der Waals surface area (Å²) >= 11 is 0. The van der Waals surface area contributed by atoms with E-state index in [1.54, 1.807) is 47.4 Å². The topological polar surface area (TPSA) is 101 Å². The molecule has 198 valence electrons. The Morgan fingerprint density at radius 1 is 1.05 bits per heavy atom. The van der Waals surface area contributed by atoms with Gasteiger partial charge >= 0.3 is 0 Å². The van der Waals surface area contributed by atoms with Crippen LogP contribution in [0.5, 0.6) is 5.75 Å². The Balaban J connectivity index is 1.38. The van der Waals surface area contributed by atoms with Gasteiger partial charge in [0.15, 0.2) is 0 Å². The number of methoxy groups -OCH3 is 1. The molecule has 0 saturated carbocycles. The van der Waals surface area contributed by atoms with Gasteiger partial charge in [-0.2, -0.15) is 0 Å². The summed E-state index contributed by atoms with van der Waals surface area (Å²) in [5.41, 5.74) is -0.753. The zero-order chi connectivity index (χ0) is 26.7. The molecule has 1 atom stereocenters. The van der Waals surface area contributed by atoms with Gasteiger partial charge in [-0.25, -0.2) is 4.39 Å². The molecule has 0 bridgehead atoms. The Bertz CT molecular complexity index is 1320. The molecule has 2 aliphatic heterocycles. The number of ether oxygens (including phenoxy) is 2. The summed E-state index contributed by atoms with van der Waals surface area (Å²) in [5.74, 6) is -0.674. The van der Waals surface area contributed by atoms with Gasteiger partial charge in [0.05, 0.1) is 32.1 Å². The molecule has 1 N–H and O–H groups in total. The van der Waals surface area contributed by atoms with Crippen molar-refractivity contribution < 1.29 is 32.7 Å². The Kier molecular flexibility index (Phi) is 7.15. The molecule has 10 heteroatoms. The van der Waals surface area contributed by atoms with Crippen LogP contribution >= 0.6 is 0 Å². The maximum atomic E-state index is 14.2. The van der Waals surface area contributed by atoms with Crippen molar-refractivity contribution in [2.24, 2.45) is 0 Å². The number of amides is 3. The first-order valence-corrected chi connectivity index (χ1v) is 12.4. The van der Waals surface area contributed by atoms with Gasteiger partial charge in [0.25, 0.3) is 11.8 Å². The van der Waals surface area contributed by atoms with Gasteiger partial charge < -0.3 is 24.1 Å². The lowest BCUT2D eigenvalue weighted by molar-refractivity contribution is -0.128. The third-order valence-electron chi connectivity index (χ3n) is 7.05. The highest BCUT2D eigenvalue weighted by Gasteiger charge is 2.54. The van der Waals surface area contributed by atoms with Crippen molar-refractivity contribution in [3.8, 4) is 5.75 Å². The highest BCUT2D eigenvalue weighted by Crippen LogP contribution is 2.39. The number of likely N-dealkylation sites (tertiary alicyclic amines) is 1. The Morgan fingerprint density at radius 3 is 2.55 bits per heavy atom. The summed E-state index contributed by atoms with van der Waals surface area (Å²) in [6, 6.07) is 15.1. The fraction of sp³-hybridized carbons (Fsp3) is 0.321. The maximum absolute atomic E-state index is 14.2. The number of hydrogen-bond donors (Lipinski definition) is 1. The highest BCUT2D eigenvalue weighted by molar-refractivity contribution is 5.99. The predicted octanol–water partition coefficient (Wildman–Crippen LogP) is 3.22. The zero-order valence-corrected chi connectivity index (χ0v) is 20.9. The number of benzene rings is 2. The lowest BCUT2D eigenvalue weighted by Gasteiger charge is -2.44. The van der Waals surface area contributed by atoms with E-state index in [-0.39, 0.29) is 56.5 Å². The minimum atomic E-state index is -1.10. The number of carbonyl (C=O) groups is 3. The number of halogens is 1. The van der Waals surface area contributed by atoms with E-state index in [0.717, 1.165) is 0 Å². The van der Waals surface area contributed by atoms with Crippen LogP contribution in [0.15, 0.2) is 71.3 Å². The van der Waals surface area contributed by atoms with Crippen LogP contribution in [-0.2, 0) is 16.1 Å². The second kappa shape index (κ2) is 10.7. The van der Waals surface area contributed by atoms with Crippen LogP contribution in [0.1, 0.15) is 39.3 Å². The van der Waals surface area contributed by atoms with Crippen molar-refractivity contribution in [3.63, 3.8) is 0 Å². The quantitative estimate of drug-likeness (QED) is 0.535. The Hall–Kier alpha value is -4.18. The molecule has 2 aromatic carbocycles. The molecule has 2 saturated heterocycles. The molecule has 5 rings (SSSR count). The van der Waals surface area contributed by atoms with Crippen LogP contribution in [-0.4, -0.2) is 66.1 Å². The molecule has 0 aliphatic carbocycles. The van der Waals surface area contributed by atoms with Crippen LogP contribution < -0.4 is 10.1 Å². The molecule has 2 aliphatic rings. The van der Waals surface area contributed by atoms with Crippen LogP contribution in [0.3, 0.4) is 0 Å². The molecule has 3 heterocycles. The van der Waals surface area contributed by atoms with Crippen molar-refractivity contribution in [2.75, 3.05) is 26.8 Å². The summed E-state index contributed by atoms with van der Waals surface area (Å²) in [4.78, 5) is 43.2. The fourth-order valence-electron chi connectivity index (χ4n) is 5.03. The molecule has 3 amide bonds. The average Bonchev–Trinajstić information content (AvgIpc) is 3.60. The van der Waals surface area contributed by atoms with E-state index < -0.39 is 23.5 Å². The molecule has 1 spiro atoms. The smallest absolute Gasteiger partial charge is 0.257 e. The summed E-state index contributed by atoms with van der Waals surface area (Å²) in [5, 5.41) is 2.83. The summed E-state index contributed by atoms with van der Waals surface area (Å²) < 4.78 is 31.0. The summed E-state index contributed by atoms with van der Waals surface area (Å²) in [6.45, 7) is 0.633. The van der Waals surface area contributed by atoms with Gasteiger partial charge in [-0.05, 0) is 42.5 Å². The lowest BCUT2D eigenvalue weighted by Crippen LogP contribution is -2.59. The van der Waals surface area contributed by atoms with Crippen LogP contribution in [0.25, 0.3) is 0 Å². The van der Waals surface area contributed by atoms with Gasteiger partial charge in [0.2, 0.25) is 5.91 Å². The number of furan rings is 1. The van der Waals surface area contributed by atoms with Gasteiger partial charge in [-0.15, -0.1) is 0 Å². The first kappa shape index (κ1) is 25.5. The number of rotatable bonds is 6. The standard InChI is InChI=1S/C28H28FN3O6/c1-36-20-7-4-6-19(16-20)26(34)32-24(25(33)30-17-21-8-5-15-37-21)18-38-28(32)11-13-31(14-12-28)27(35)22-9-2-3-10-23(22)29/h2-10,15-16,24H,11-14,17-18H2,1H3,(H,30,33)/t24-/m0/s1. The van der Waals surface area contributed by atoms with Crippen LogP contribution in [0.4, 0.5) is 4.39 Å². The Labute approximate surface area is 219 Å². The van der Waals surface area contributed by atoms with E-state index in [1.807, 2.05) is 0 Å². The number of nitrogens with one attached hydrogen (secondary N) is 1. The fourth-order valence-corrected chi connectivity index (χ4v) is 5.03. The van der Waals surface area contributed by atoms with Crippen molar-refractivity contribution in [3.05, 3.63) is 89.6 Å². The number of hydrogen-bond acceptors (Lipinski definition) is 6. The van der Waals surface area contributed by atoms with Crippen LogP contribution in [0.2, 0.25) is 0 Å². The van der Waals surface area contributed by atoms with Crippen molar-refractivity contribution in [1.29, 1.82) is 0 Å². The van der Waals surface area contributed by atoms with E-state index in [0.29, 0.717) is 17.1 Å². The van der Waals surface area contributed by atoms with E-state index in [4.69, 9.17) is 13.9 Å². The molecule has 3 aromatic rings. The van der Waals surface area contributed by atoms with E-state index in [1.165, 1.54) is 36.5 Å². The van der Waals surface area contributed by atoms with Crippen molar-refractivity contribution in [1.82, 2.24) is 15.1 Å². The summed E-state index contributed by atoms with van der Waals surface area (Å²) in [7, 11) is 1.51. The molecule has 0 unspecified atom stereocenters. The SMILES string of the molecule is COc1cccc(C(=O)N2[C@H](C(=O)NCc3ccco3)COC23CCN(C(=O)c2ccccc2F)CC3)c1. The van der Waals surface area contributed by atoms with Gasteiger partial charge in [-0.1, -0.05) is 18.2 Å². The van der Waals surface area contributed by atoms with Gasteiger partial charge in [0, 0.05) is 31.5 Å². The van der Waals surface area contributed by atoms with Gasteiger partial charge in [0.1, 0.15) is 29.1 Å². The average molecular weight is 522 g/mol. The highest BCUT2D eigenvalue weighted by atomic mass is 19.1. The zero-order valence-electron chi connectivity index (χ0n) is 20.9. The van der Waals surface area contributed by atoms with Gasteiger partial charge in [-0.3, -0.25) is 19.3 Å². The van der Waals surface area contributed by atoms with Crippen molar-refractivity contribution in [2.45, 2.75) is 31.2 Å². The largest absolute Gasteiger partial charge is 0.497 e. The second-order valence-corrected chi connectivity index (χ2v) is 9.25. The molecule has 9 nitrogen and oxygen atoms in total. The lowest BCUT2D eigenvalue weighted by atomic mass is 9.96. The number of nitrogens with zero attached hydrogens (tertiary/aromatic N) is 2. The third kappa shape index (κ3) is 4.87. The monoisotopic (exact) mass is 521 g/mol. The Morgan fingerprint density at radius 2 is 1.84 bits per heavy atom. The first-order chi connectivity index (χ1) is 18.4. The van der Waals surface area contributed by atoms with E-state index >= 15 is 0 Å². The van der Waals surface area contributed by atoms with Crippen molar-refractivity contribution >= 4 is 17.7 Å². The normalized spacial score (nSPS) is 18.4. The maximum Gasteiger partial charge on any atom is 0.257 e. The molecular formula is C28H28FN3O6. The number of piperidine rings is 1. The molecule has 38 heavy (non-hydrogen) atoms. The third-order valence-corrected chi connectivity index (χ3v) is 7.05.